The fraction of sp³-hybridized carbons (Fsp3) is 0.480. The minimum absolute atomic E-state index is 0.0124. The summed E-state index contributed by atoms with van der Waals surface area (Å²) in [5, 5.41) is 7.43. The summed E-state index contributed by atoms with van der Waals surface area (Å²) in [5.74, 6) is 1.92. The summed E-state index contributed by atoms with van der Waals surface area (Å²) in [6.45, 7) is 3.70. The van der Waals surface area contributed by atoms with Gasteiger partial charge in [-0.15, -0.1) is 10.2 Å². The fourth-order valence-electron chi connectivity index (χ4n) is 4.54. The van der Waals surface area contributed by atoms with Crippen molar-refractivity contribution in [2.24, 2.45) is 0 Å². The van der Waals surface area contributed by atoms with Gasteiger partial charge in [0.2, 0.25) is 27.7 Å². The Morgan fingerprint density at radius 3 is 2.45 bits per heavy atom. The summed E-state index contributed by atoms with van der Waals surface area (Å²) in [6, 6.07) is 8.50. The zero-order valence-electron chi connectivity index (χ0n) is 22.1. The van der Waals surface area contributed by atoms with Crippen LogP contribution in [0.25, 0.3) is 17.3 Å². The number of nitrogens with one attached hydrogen (secondary N) is 1. The average Bonchev–Trinajstić information content (AvgIpc) is 3.50. The molecule has 206 valence electrons. The van der Waals surface area contributed by atoms with Crippen LogP contribution >= 0.6 is 0 Å². The second-order valence-corrected chi connectivity index (χ2v) is 11.2. The number of rotatable bonds is 11. The number of carbonyl (C=O) groups excluding carboxylic acids is 1. The number of furan rings is 1. The number of para-hydroxylation sites is 1. The van der Waals surface area contributed by atoms with E-state index in [1.165, 1.54) is 18.8 Å². The first-order valence-corrected chi connectivity index (χ1v) is 13.8. The number of carbonyl (C=O) groups is 1. The third-order valence-electron chi connectivity index (χ3n) is 6.51. The van der Waals surface area contributed by atoms with Crippen LogP contribution in [0.1, 0.15) is 31.9 Å². The number of ether oxygens (including phenoxy) is 3. The lowest BCUT2D eigenvalue weighted by Crippen LogP contribution is -2.50. The van der Waals surface area contributed by atoms with Crippen LogP contribution in [0.2, 0.25) is 0 Å². The third kappa shape index (κ3) is 5.48. The zero-order valence-corrected chi connectivity index (χ0v) is 22.9. The number of piperidine rings is 1. The first-order chi connectivity index (χ1) is 18.2. The highest BCUT2D eigenvalue weighted by Gasteiger charge is 2.34. The molecule has 0 spiro atoms. The number of amides is 1. The van der Waals surface area contributed by atoms with Crippen molar-refractivity contribution in [3.05, 3.63) is 36.1 Å². The number of likely N-dealkylation sites (tertiary alicyclic amines) is 1. The Hall–Kier alpha value is -3.58. The lowest BCUT2D eigenvalue weighted by Gasteiger charge is -2.36. The highest BCUT2D eigenvalue weighted by Crippen LogP contribution is 2.38. The number of nitrogens with zero attached hydrogens (tertiary/aromatic N) is 4. The van der Waals surface area contributed by atoms with E-state index in [1.54, 1.807) is 56.2 Å². The normalized spacial score (nSPS) is 16.9. The molecule has 2 atom stereocenters. The summed E-state index contributed by atoms with van der Waals surface area (Å²) >= 11 is 0. The van der Waals surface area contributed by atoms with Crippen LogP contribution in [0.5, 0.6) is 11.5 Å². The molecule has 1 N–H and O–H groups in total. The van der Waals surface area contributed by atoms with Crippen molar-refractivity contribution < 1.29 is 31.8 Å². The second-order valence-electron chi connectivity index (χ2n) is 9.11. The van der Waals surface area contributed by atoms with Gasteiger partial charge < -0.3 is 23.5 Å². The number of hydrogen-bond donors (Lipinski definition) is 1. The van der Waals surface area contributed by atoms with Gasteiger partial charge in [0.05, 0.1) is 32.1 Å². The fourth-order valence-corrected chi connectivity index (χ4v) is 5.48. The highest BCUT2D eigenvalue weighted by molar-refractivity contribution is 7.93. The predicted octanol–water partition coefficient (Wildman–Crippen LogP) is 3.01. The summed E-state index contributed by atoms with van der Waals surface area (Å²) in [7, 11) is 0.532. The number of benzene rings is 1. The van der Waals surface area contributed by atoms with E-state index in [9.17, 15) is 13.2 Å². The van der Waals surface area contributed by atoms with E-state index in [0.717, 1.165) is 12.8 Å². The van der Waals surface area contributed by atoms with Gasteiger partial charge in [-0.1, -0.05) is 6.07 Å². The van der Waals surface area contributed by atoms with E-state index in [0.29, 0.717) is 41.7 Å². The van der Waals surface area contributed by atoms with Crippen molar-refractivity contribution in [3.8, 4) is 28.8 Å². The summed E-state index contributed by atoms with van der Waals surface area (Å²) in [6.07, 6.45) is 1.89. The summed E-state index contributed by atoms with van der Waals surface area (Å²) in [4.78, 5) is 14.2. The second kappa shape index (κ2) is 11.4. The van der Waals surface area contributed by atoms with E-state index in [-0.39, 0.29) is 30.3 Å². The molecule has 1 amide bonds. The lowest BCUT2D eigenvalue weighted by molar-refractivity contribution is -0.137. The number of aromatic nitrogens is 3. The number of aryl methyl sites for hydroxylation is 1. The van der Waals surface area contributed by atoms with Gasteiger partial charge in [0, 0.05) is 20.1 Å². The molecule has 0 bridgehead atoms. The molecule has 3 heterocycles. The van der Waals surface area contributed by atoms with Crippen LogP contribution in [0, 0.1) is 6.92 Å². The number of hydrogen-bond acceptors (Lipinski definition) is 9. The van der Waals surface area contributed by atoms with E-state index < -0.39 is 15.3 Å². The SMILES string of the molecule is COC[C@@H]1CCCC(=O)N1CC(C)S(=O)(=O)Nc1nnc(-c2ccc(C)o2)n1-c1c(OC)cccc1OC. The molecule has 1 saturated heterocycles. The molecule has 13 heteroatoms. The minimum atomic E-state index is -4.03. The summed E-state index contributed by atoms with van der Waals surface area (Å²) in [5.41, 5.74) is 0.392. The molecule has 38 heavy (non-hydrogen) atoms. The van der Waals surface area contributed by atoms with Crippen molar-refractivity contribution in [1.82, 2.24) is 19.7 Å². The quantitative estimate of drug-likeness (QED) is 0.384. The van der Waals surface area contributed by atoms with Crippen LogP contribution in [0.4, 0.5) is 5.95 Å². The minimum Gasteiger partial charge on any atom is -0.494 e. The van der Waals surface area contributed by atoms with Crippen LogP contribution < -0.4 is 14.2 Å². The average molecular weight is 548 g/mol. The molecule has 1 aliphatic rings. The Kier molecular flexibility index (Phi) is 8.26. The predicted molar refractivity (Wildman–Crippen MR) is 140 cm³/mol. The molecule has 1 unspecified atom stereocenters. The van der Waals surface area contributed by atoms with Crippen LogP contribution in [0.3, 0.4) is 0 Å². The molecule has 1 fully saturated rings. The molecular formula is C25H33N5O7S. The van der Waals surface area contributed by atoms with E-state index >= 15 is 0 Å². The number of methoxy groups -OCH3 is 3. The maximum Gasteiger partial charge on any atom is 0.243 e. The van der Waals surface area contributed by atoms with Gasteiger partial charge in [0.1, 0.15) is 22.9 Å². The van der Waals surface area contributed by atoms with Crippen molar-refractivity contribution in [2.45, 2.75) is 44.4 Å². The van der Waals surface area contributed by atoms with Crippen LogP contribution in [0.15, 0.2) is 34.7 Å². The van der Waals surface area contributed by atoms with Crippen molar-refractivity contribution in [3.63, 3.8) is 0 Å². The van der Waals surface area contributed by atoms with Crippen molar-refractivity contribution >= 4 is 21.9 Å². The van der Waals surface area contributed by atoms with E-state index in [1.807, 2.05) is 0 Å². The molecule has 2 aromatic heterocycles. The van der Waals surface area contributed by atoms with E-state index in [2.05, 4.69) is 14.9 Å². The van der Waals surface area contributed by atoms with Crippen LogP contribution in [-0.4, -0.2) is 79.8 Å². The number of sulfonamides is 1. The van der Waals surface area contributed by atoms with Gasteiger partial charge in [0.15, 0.2) is 5.76 Å². The molecule has 3 aromatic rings. The Balaban J connectivity index is 1.73. The molecule has 4 rings (SSSR count). The van der Waals surface area contributed by atoms with Crippen molar-refractivity contribution in [1.29, 1.82) is 0 Å². The molecular weight excluding hydrogens is 514 g/mol. The highest BCUT2D eigenvalue weighted by atomic mass is 32.2. The van der Waals surface area contributed by atoms with Gasteiger partial charge in [-0.05, 0) is 51.0 Å². The van der Waals surface area contributed by atoms with Gasteiger partial charge in [-0.2, -0.15) is 0 Å². The van der Waals surface area contributed by atoms with Crippen LogP contribution in [-0.2, 0) is 19.6 Å². The molecule has 12 nitrogen and oxygen atoms in total. The smallest absolute Gasteiger partial charge is 0.243 e. The first kappa shape index (κ1) is 27.5. The van der Waals surface area contributed by atoms with E-state index in [4.69, 9.17) is 18.6 Å². The zero-order chi connectivity index (χ0) is 27.4. The maximum absolute atomic E-state index is 13.5. The van der Waals surface area contributed by atoms with Gasteiger partial charge in [-0.3, -0.25) is 14.1 Å². The Labute approximate surface area is 221 Å². The first-order valence-electron chi connectivity index (χ1n) is 12.2. The Bertz CT molecular complexity index is 1360. The maximum atomic E-state index is 13.5. The molecule has 0 saturated carbocycles. The topological polar surface area (TPSA) is 138 Å². The molecule has 1 aliphatic heterocycles. The Morgan fingerprint density at radius 1 is 1.13 bits per heavy atom. The largest absolute Gasteiger partial charge is 0.494 e. The molecule has 0 aliphatic carbocycles. The van der Waals surface area contributed by atoms with Gasteiger partial charge >= 0.3 is 0 Å². The van der Waals surface area contributed by atoms with Crippen molar-refractivity contribution in [2.75, 3.05) is 39.2 Å². The standard InChI is InChI=1S/C25H33N5O7S/c1-16-12-13-21(37-16)24-26-27-25(30(24)23-19(35-4)9-7-10-20(23)36-5)28-38(32,33)17(2)14-29-18(15-34-3)8-6-11-22(29)31/h7,9-10,12-13,17-18H,6,8,11,14-15H2,1-5H3,(H,27,28)/t17?,18-/m0/s1. The third-order valence-corrected chi connectivity index (χ3v) is 8.19. The monoisotopic (exact) mass is 547 g/mol. The molecule has 0 radical (unpaired) electrons. The van der Waals surface area contributed by atoms with Gasteiger partial charge in [-0.25, -0.2) is 8.42 Å². The van der Waals surface area contributed by atoms with Gasteiger partial charge in [0.25, 0.3) is 0 Å². The number of anilines is 1. The summed E-state index contributed by atoms with van der Waals surface area (Å²) < 4.78 is 53.3. The lowest BCUT2D eigenvalue weighted by atomic mass is 10.0. The Morgan fingerprint density at radius 2 is 1.84 bits per heavy atom. The molecule has 1 aromatic carbocycles.